The standard InChI is InChI=1S/C11H10ClN5O3/c12-9-2-8(7(4-14-9)11(19)20)17-5-6(1-10(17)18)3-15-16-13/h2,4,6H,1,3,5H2,(H,19,20). The fourth-order valence-electron chi connectivity index (χ4n) is 2.10. The maximum atomic E-state index is 12.0. The van der Waals surface area contributed by atoms with Gasteiger partial charge in [-0.1, -0.05) is 16.7 Å². The molecule has 0 saturated carbocycles. The van der Waals surface area contributed by atoms with Gasteiger partial charge in [0, 0.05) is 36.7 Å². The summed E-state index contributed by atoms with van der Waals surface area (Å²) in [6.45, 7) is 0.485. The van der Waals surface area contributed by atoms with Gasteiger partial charge in [-0.15, -0.1) is 0 Å². The predicted molar refractivity (Wildman–Crippen MR) is 70.7 cm³/mol. The molecule has 0 aromatic carbocycles. The molecule has 9 heteroatoms. The van der Waals surface area contributed by atoms with Crippen LogP contribution < -0.4 is 4.90 Å². The van der Waals surface area contributed by atoms with Crippen molar-refractivity contribution < 1.29 is 14.7 Å². The number of azide groups is 1. The molecule has 1 aromatic heterocycles. The zero-order valence-corrected chi connectivity index (χ0v) is 11.0. The van der Waals surface area contributed by atoms with Crippen molar-refractivity contribution in [2.24, 2.45) is 11.0 Å². The van der Waals surface area contributed by atoms with E-state index >= 15 is 0 Å². The lowest BCUT2D eigenvalue weighted by atomic mass is 10.1. The summed E-state index contributed by atoms with van der Waals surface area (Å²) in [5.74, 6) is -1.55. The molecular weight excluding hydrogens is 286 g/mol. The number of nitrogens with zero attached hydrogens (tertiary/aromatic N) is 5. The number of amides is 1. The van der Waals surface area contributed by atoms with E-state index in [0.29, 0.717) is 6.54 Å². The molecule has 1 atom stereocenters. The number of hydrogen-bond donors (Lipinski definition) is 1. The van der Waals surface area contributed by atoms with Crippen LogP contribution >= 0.6 is 11.6 Å². The Morgan fingerprint density at radius 1 is 1.70 bits per heavy atom. The highest BCUT2D eigenvalue weighted by molar-refractivity contribution is 6.30. The first-order chi connectivity index (χ1) is 9.52. The molecule has 1 unspecified atom stereocenters. The molecule has 0 spiro atoms. The van der Waals surface area contributed by atoms with Gasteiger partial charge in [0.05, 0.1) is 5.69 Å². The number of pyridine rings is 1. The summed E-state index contributed by atoms with van der Waals surface area (Å²) in [5.41, 5.74) is 8.41. The van der Waals surface area contributed by atoms with Crippen LogP contribution in [0, 0.1) is 5.92 Å². The molecule has 1 saturated heterocycles. The molecule has 104 valence electrons. The van der Waals surface area contributed by atoms with Crippen molar-refractivity contribution in [3.05, 3.63) is 33.4 Å². The third-order valence-electron chi connectivity index (χ3n) is 2.98. The quantitative estimate of drug-likeness (QED) is 0.396. The van der Waals surface area contributed by atoms with Crippen molar-refractivity contribution in [2.75, 3.05) is 18.0 Å². The maximum Gasteiger partial charge on any atom is 0.339 e. The normalized spacial score (nSPS) is 17.9. The highest BCUT2D eigenvalue weighted by atomic mass is 35.5. The van der Waals surface area contributed by atoms with Gasteiger partial charge in [-0.25, -0.2) is 9.78 Å². The van der Waals surface area contributed by atoms with Crippen LogP contribution in [0.15, 0.2) is 17.4 Å². The number of carboxylic acid groups (broad SMARTS) is 1. The summed E-state index contributed by atoms with van der Waals surface area (Å²) in [4.78, 5) is 30.8. The number of carboxylic acids is 1. The van der Waals surface area contributed by atoms with Gasteiger partial charge in [-0.2, -0.15) is 0 Å². The van der Waals surface area contributed by atoms with E-state index in [2.05, 4.69) is 15.0 Å². The molecule has 20 heavy (non-hydrogen) atoms. The summed E-state index contributed by atoms with van der Waals surface area (Å²) in [5, 5.41) is 12.7. The van der Waals surface area contributed by atoms with E-state index in [4.69, 9.17) is 22.2 Å². The molecule has 1 aliphatic rings. The lowest BCUT2D eigenvalue weighted by Gasteiger charge is -2.18. The zero-order valence-electron chi connectivity index (χ0n) is 10.2. The second-order valence-electron chi connectivity index (χ2n) is 4.32. The van der Waals surface area contributed by atoms with Crippen molar-refractivity contribution in [1.82, 2.24) is 4.98 Å². The Labute approximate surface area is 118 Å². The molecule has 1 fully saturated rings. The van der Waals surface area contributed by atoms with Crippen LogP contribution in [0.5, 0.6) is 0 Å². The van der Waals surface area contributed by atoms with Gasteiger partial charge < -0.3 is 10.0 Å². The van der Waals surface area contributed by atoms with Gasteiger partial charge >= 0.3 is 5.97 Å². The van der Waals surface area contributed by atoms with Crippen molar-refractivity contribution in [1.29, 1.82) is 0 Å². The second-order valence-corrected chi connectivity index (χ2v) is 4.70. The van der Waals surface area contributed by atoms with E-state index in [1.807, 2.05) is 0 Å². The molecule has 1 N–H and O–H groups in total. The fraction of sp³-hybridized carbons (Fsp3) is 0.364. The molecule has 2 heterocycles. The smallest absolute Gasteiger partial charge is 0.339 e. The van der Waals surface area contributed by atoms with Crippen molar-refractivity contribution in [3.8, 4) is 0 Å². The number of carbonyl (C=O) groups is 2. The molecular formula is C11H10ClN5O3. The Hall–Kier alpha value is -2.31. The maximum absolute atomic E-state index is 12.0. The van der Waals surface area contributed by atoms with E-state index in [9.17, 15) is 9.59 Å². The van der Waals surface area contributed by atoms with Gasteiger partial charge in [0.1, 0.15) is 10.7 Å². The first-order valence-electron chi connectivity index (χ1n) is 5.73. The highest BCUT2D eigenvalue weighted by Crippen LogP contribution is 2.29. The fourth-order valence-corrected chi connectivity index (χ4v) is 2.25. The van der Waals surface area contributed by atoms with E-state index in [-0.39, 0.29) is 41.2 Å². The average Bonchev–Trinajstić information content (AvgIpc) is 2.77. The topological polar surface area (TPSA) is 119 Å². The van der Waals surface area contributed by atoms with E-state index in [1.165, 1.54) is 11.0 Å². The third kappa shape index (κ3) is 2.81. The predicted octanol–water partition coefficient (Wildman–Crippen LogP) is 2.10. The van der Waals surface area contributed by atoms with E-state index < -0.39 is 5.97 Å². The number of aromatic carboxylic acids is 1. The molecule has 0 aliphatic carbocycles. The Balaban J connectivity index is 2.32. The number of hydrogen-bond acceptors (Lipinski definition) is 4. The van der Waals surface area contributed by atoms with Gasteiger partial charge in [0.15, 0.2) is 0 Å². The van der Waals surface area contributed by atoms with Crippen LogP contribution in [-0.4, -0.2) is 35.1 Å². The van der Waals surface area contributed by atoms with Crippen LogP contribution in [0.2, 0.25) is 5.15 Å². The van der Waals surface area contributed by atoms with Crippen LogP contribution in [0.25, 0.3) is 10.4 Å². The molecule has 0 bridgehead atoms. The van der Waals surface area contributed by atoms with Crippen molar-refractivity contribution in [2.45, 2.75) is 6.42 Å². The van der Waals surface area contributed by atoms with Gasteiger partial charge in [-0.05, 0) is 11.4 Å². The summed E-state index contributed by atoms with van der Waals surface area (Å²) in [7, 11) is 0. The number of carbonyl (C=O) groups excluding carboxylic acids is 1. The zero-order chi connectivity index (χ0) is 14.7. The molecule has 8 nitrogen and oxygen atoms in total. The number of halogens is 1. The van der Waals surface area contributed by atoms with Gasteiger partial charge in [-0.3, -0.25) is 4.79 Å². The minimum atomic E-state index is -1.18. The molecule has 1 aliphatic heterocycles. The highest BCUT2D eigenvalue weighted by Gasteiger charge is 2.32. The third-order valence-corrected chi connectivity index (χ3v) is 3.18. The monoisotopic (exact) mass is 295 g/mol. The summed E-state index contributed by atoms with van der Waals surface area (Å²) in [6.07, 6.45) is 1.33. The summed E-state index contributed by atoms with van der Waals surface area (Å²) < 4.78 is 0. The largest absolute Gasteiger partial charge is 0.478 e. The Morgan fingerprint density at radius 2 is 2.45 bits per heavy atom. The summed E-state index contributed by atoms with van der Waals surface area (Å²) >= 11 is 5.76. The SMILES string of the molecule is [N-]=[N+]=NCC1CC(=O)N(c2cc(Cl)ncc2C(=O)O)C1. The van der Waals surface area contributed by atoms with Crippen molar-refractivity contribution in [3.63, 3.8) is 0 Å². The molecule has 2 rings (SSSR count). The van der Waals surface area contributed by atoms with E-state index in [0.717, 1.165) is 6.20 Å². The minimum Gasteiger partial charge on any atom is -0.478 e. The van der Waals surface area contributed by atoms with Crippen molar-refractivity contribution >= 4 is 29.2 Å². The number of aromatic nitrogens is 1. The molecule has 1 amide bonds. The molecule has 1 aromatic rings. The van der Waals surface area contributed by atoms with Gasteiger partial charge in [0.25, 0.3) is 0 Å². The first kappa shape index (κ1) is 14.1. The van der Waals surface area contributed by atoms with Crippen LogP contribution in [0.4, 0.5) is 5.69 Å². The van der Waals surface area contributed by atoms with Crippen LogP contribution in [0.1, 0.15) is 16.8 Å². The van der Waals surface area contributed by atoms with Crippen LogP contribution in [-0.2, 0) is 4.79 Å². The lowest BCUT2D eigenvalue weighted by molar-refractivity contribution is -0.117. The Kier molecular flexibility index (Phi) is 4.07. The summed E-state index contributed by atoms with van der Waals surface area (Å²) in [6, 6.07) is 1.35. The van der Waals surface area contributed by atoms with Gasteiger partial charge in [0.2, 0.25) is 5.91 Å². The number of rotatable bonds is 4. The minimum absolute atomic E-state index is 0.0906. The molecule has 0 radical (unpaired) electrons. The van der Waals surface area contributed by atoms with E-state index in [1.54, 1.807) is 0 Å². The first-order valence-corrected chi connectivity index (χ1v) is 6.10. The van der Waals surface area contributed by atoms with Crippen LogP contribution in [0.3, 0.4) is 0 Å². The second kappa shape index (κ2) is 5.77. The lowest BCUT2D eigenvalue weighted by Crippen LogP contribution is -2.27. The average molecular weight is 296 g/mol. The number of anilines is 1. The Morgan fingerprint density at radius 3 is 3.10 bits per heavy atom. The Bertz CT molecular complexity index is 614.